The number of sulfonamides is 1. The Kier molecular flexibility index (Phi) is 9.49. The van der Waals surface area contributed by atoms with E-state index in [0.717, 1.165) is 16.7 Å². The van der Waals surface area contributed by atoms with Crippen LogP contribution in [0.3, 0.4) is 0 Å². The van der Waals surface area contributed by atoms with Crippen molar-refractivity contribution >= 4 is 28.1 Å². The van der Waals surface area contributed by atoms with Crippen molar-refractivity contribution in [3.05, 3.63) is 71.3 Å². The molecular weight excluding hydrogens is 476 g/mol. The quantitative estimate of drug-likeness (QED) is 0.327. The SMILES string of the molecule is C=Cc1cccc([C@H](NC(=O)OC(C)(C)C)[C@H](C)/C(=N\S(=O)(=O)c2cc(C)ccc2C)OC(C)C)c1. The Morgan fingerprint density at radius 2 is 1.75 bits per heavy atom. The van der Waals surface area contributed by atoms with Crippen LogP contribution < -0.4 is 5.32 Å². The van der Waals surface area contributed by atoms with E-state index in [9.17, 15) is 13.2 Å². The molecule has 0 spiro atoms. The Labute approximate surface area is 215 Å². The number of aryl methyl sites for hydroxylation is 2. The third-order valence-electron chi connectivity index (χ3n) is 5.26. The van der Waals surface area contributed by atoms with Gasteiger partial charge in [0.2, 0.25) is 5.90 Å². The van der Waals surface area contributed by atoms with Crippen molar-refractivity contribution in [2.45, 2.75) is 78.0 Å². The maximum absolute atomic E-state index is 13.4. The Morgan fingerprint density at radius 3 is 2.33 bits per heavy atom. The lowest BCUT2D eigenvalue weighted by molar-refractivity contribution is 0.0492. The van der Waals surface area contributed by atoms with Gasteiger partial charge in [0, 0.05) is 0 Å². The van der Waals surface area contributed by atoms with Gasteiger partial charge in [0.05, 0.1) is 23.0 Å². The first-order valence-electron chi connectivity index (χ1n) is 11.9. The van der Waals surface area contributed by atoms with Crippen LogP contribution in [0.25, 0.3) is 6.08 Å². The zero-order valence-electron chi connectivity index (χ0n) is 22.5. The highest BCUT2D eigenvalue weighted by atomic mass is 32.2. The number of amides is 1. The predicted octanol–water partition coefficient (Wildman–Crippen LogP) is 6.36. The highest BCUT2D eigenvalue weighted by Crippen LogP contribution is 2.28. The molecule has 0 radical (unpaired) electrons. The second-order valence-corrected chi connectivity index (χ2v) is 11.7. The molecule has 1 amide bonds. The van der Waals surface area contributed by atoms with E-state index in [1.807, 2.05) is 37.3 Å². The Bertz CT molecular complexity index is 1230. The van der Waals surface area contributed by atoms with E-state index in [2.05, 4.69) is 16.3 Å². The van der Waals surface area contributed by atoms with Crippen LogP contribution in [0, 0.1) is 19.8 Å². The molecule has 7 nitrogen and oxygen atoms in total. The van der Waals surface area contributed by atoms with Gasteiger partial charge in [0.25, 0.3) is 10.0 Å². The molecule has 0 bridgehead atoms. The maximum atomic E-state index is 13.4. The van der Waals surface area contributed by atoms with Crippen LogP contribution in [0.5, 0.6) is 0 Å². The van der Waals surface area contributed by atoms with Crippen molar-refractivity contribution in [3.8, 4) is 0 Å². The summed E-state index contributed by atoms with van der Waals surface area (Å²) in [6.07, 6.45) is 0.717. The second-order valence-electron chi connectivity index (χ2n) is 10.1. The van der Waals surface area contributed by atoms with E-state index in [4.69, 9.17) is 9.47 Å². The number of hydrogen-bond donors (Lipinski definition) is 1. The Balaban J connectivity index is 2.62. The van der Waals surface area contributed by atoms with E-state index < -0.39 is 33.7 Å². The second kappa shape index (κ2) is 11.7. The van der Waals surface area contributed by atoms with Crippen molar-refractivity contribution < 1.29 is 22.7 Å². The van der Waals surface area contributed by atoms with Gasteiger partial charge in [-0.2, -0.15) is 8.42 Å². The van der Waals surface area contributed by atoms with Crippen LogP contribution in [0.4, 0.5) is 4.79 Å². The zero-order chi connectivity index (χ0) is 27.3. The normalized spacial score (nSPS) is 14.2. The third-order valence-corrected chi connectivity index (χ3v) is 6.67. The topological polar surface area (TPSA) is 94.1 Å². The molecule has 0 fully saturated rings. The molecule has 8 heteroatoms. The van der Waals surface area contributed by atoms with Gasteiger partial charge >= 0.3 is 6.09 Å². The van der Waals surface area contributed by atoms with Crippen LogP contribution >= 0.6 is 0 Å². The van der Waals surface area contributed by atoms with E-state index >= 15 is 0 Å². The van der Waals surface area contributed by atoms with Gasteiger partial charge in [0.1, 0.15) is 5.60 Å². The lowest BCUT2D eigenvalue weighted by Crippen LogP contribution is -2.40. The standard InChI is InChI=1S/C28H38N2O5S/c1-10-22-12-11-13-23(17-22)25(29-27(31)35-28(7,8)9)21(6)26(34-18(2)3)30-36(32,33)24-16-19(4)14-15-20(24)5/h10-18,21,25H,1H2,2-9H3,(H,29,31)/b30-26+/t21-,25+/m0/s1. The predicted molar refractivity (Wildman–Crippen MR) is 145 cm³/mol. The molecule has 2 rings (SSSR count). The average molecular weight is 515 g/mol. The first-order valence-corrected chi connectivity index (χ1v) is 13.4. The summed E-state index contributed by atoms with van der Waals surface area (Å²) in [6.45, 7) is 18.0. The lowest BCUT2D eigenvalue weighted by atomic mass is 9.93. The van der Waals surface area contributed by atoms with Crippen molar-refractivity contribution in [1.29, 1.82) is 0 Å². The van der Waals surface area contributed by atoms with Gasteiger partial charge in [-0.25, -0.2) is 4.79 Å². The number of hydrogen-bond acceptors (Lipinski definition) is 5. The molecule has 1 N–H and O–H groups in total. The summed E-state index contributed by atoms with van der Waals surface area (Å²) < 4.78 is 42.3. The highest BCUT2D eigenvalue weighted by Gasteiger charge is 2.31. The van der Waals surface area contributed by atoms with Gasteiger partial charge in [-0.15, -0.1) is 4.40 Å². The first kappa shape index (κ1) is 29.1. The van der Waals surface area contributed by atoms with Crippen LogP contribution in [0.1, 0.15) is 69.8 Å². The number of nitrogens with one attached hydrogen (secondary N) is 1. The minimum Gasteiger partial charge on any atom is -0.477 e. The summed E-state index contributed by atoms with van der Waals surface area (Å²) >= 11 is 0. The number of ether oxygens (including phenoxy) is 2. The fourth-order valence-corrected chi connectivity index (χ4v) is 4.91. The molecule has 0 aromatic heterocycles. The number of benzene rings is 2. The van der Waals surface area contributed by atoms with Gasteiger partial charge in [-0.1, -0.05) is 49.9 Å². The fraction of sp³-hybridized carbons (Fsp3) is 0.429. The Morgan fingerprint density at radius 1 is 1.08 bits per heavy atom. The summed E-state index contributed by atoms with van der Waals surface area (Å²) in [5, 5.41) is 2.89. The summed E-state index contributed by atoms with van der Waals surface area (Å²) in [5.41, 5.74) is 2.26. The number of carbonyl (C=O) groups is 1. The minimum atomic E-state index is -4.09. The molecule has 0 aliphatic heterocycles. The summed E-state index contributed by atoms with van der Waals surface area (Å²) in [4.78, 5) is 12.9. The summed E-state index contributed by atoms with van der Waals surface area (Å²) in [5.74, 6) is -0.657. The van der Waals surface area contributed by atoms with Crippen LogP contribution in [-0.2, 0) is 19.5 Å². The third kappa shape index (κ3) is 8.22. The smallest absolute Gasteiger partial charge is 0.408 e. The fourth-order valence-electron chi connectivity index (χ4n) is 3.56. The highest BCUT2D eigenvalue weighted by molar-refractivity contribution is 7.90. The molecule has 196 valence electrons. The van der Waals surface area contributed by atoms with E-state index in [-0.39, 0.29) is 16.9 Å². The number of rotatable bonds is 8. The molecule has 0 unspecified atom stereocenters. The van der Waals surface area contributed by atoms with E-state index in [0.29, 0.717) is 5.56 Å². The zero-order valence-corrected chi connectivity index (χ0v) is 23.3. The molecule has 2 aromatic rings. The molecule has 36 heavy (non-hydrogen) atoms. The van der Waals surface area contributed by atoms with Crippen LogP contribution in [0.15, 0.2) is 58.3 Å². The van der Waals surface area contributed by atoms with Crippen LogP contribution in [-0.4, -0.2) is 32.1 Å². The number of carbonyl (C=O) groups excluding carboxylic acids is 1. The van der Waals surface area contributed by atoms with Crippen LogP contribution in [0.2, 0.25) is 0 Å². The average Bonchev–Trinajstić information content (AvgIpc) is 2.76. The first-order chi connectivity index (χ1) is 16.6. The van der Waals surface area contributed by atoms with Crippen molar-refractivity contribution in [2.24, 2.45) is 10.3 Å². The van der Waals surface area contributed by atoms with Crippen molar-refractivity contribution in [2.75, 3.05) is 0 Å². The number of alkyl carbamates (subject to hydrolysis) is 1. The summed E-state index contributed by atoms with van der Waals surface area (Å²) in [6, 6.07) is 11.9. The Hall–Kier alpha value is -3.13. The number of nitrogens with zero attached hydrogens (tertiary/aromatic N) is 1. The molecule has 0 saturated heterocycles. The molecule has 0 aliphatic rings. The molecule has 0 aliphatic carbocycles. The lowest BCUT2D eigenvalue weighted by Gasteiger charge is -2.29. The van der Waals surface area contributed by atoms with Gasteiger partial charge in [-0.05, 0) is 82.9 Å². The monoisotopic (exact) mass is 514 g/mol. The molecule has 0 heterocycles. The largest absolute Gasteiger partial charge is 0.477 e. The van der Waals surface area contributed by atoms with Crippen molar-refractivity contribution in [1.82, 2.24) is 5.32 Å². The van der Waals surface area contributed by atoms with E-state index in [1.165, 1.54) is 0 Å². The van der Waals surface area contributed by atoms with Crippen molar-refractivity contribution in [3.63, 3.8) is 0 Å². The molecule has 2 aromatic carbocycles. The van der Waals surface area contributed by atoms with E-state index in [1.54, 1.807) is 66.7 Å². The molecular formula is C28H38N2O5S. The molecule has 0 saturated carbocycles. The maximum Gasteiger partial charge on any atom is 0.408 e. The molecule has 2 atom stereocenters. The van der Waals surface area contributed by atoms with Gasteiger partial charge in [-0.3, -0.25) is 0 Å². The summed E-state index contributed by atoms with van der Waals surface area (Å²) in [7, 11) is -4.09. The minimum absolute atomic E-state index is 0.00373. The van der Waals surface area contributed by atoms with Gasteiger partial charge < -0.3 is 14.8 Å². The van der Waals surface area contributed by atoms with Gasteiger partial charge in [0.15, 0.2) is 0 Å².